The highest BCUT2D eigenvalue weighted by atomic mass is 35.5. The SMILES string of the molecule is CCN(CC)c1ccc(/C=C2\N=C(c3ccccc3Cl)OC2=O)cc1. The van der Waals surface area contributed by atoms with Gasteiger partial charge in [0.1, 0.15) is 0 Å². The fourth-order valence-corrected chi connectivity index (χ4v) is 2.90. The second-order valence-electron chi connectivity index (χ2n) is 5.58. The predicted octanol–water partition coefficient (Wildman–Crippen LogP) is 4.53. The molecule has 0 fully saturated rings. The summed E-state index contributed by atoms with van der Waals surface area (Å²) in [7, 11) is 0. The Morgan fingerprint density at radius 2 is 1.76 bits per heavy atom. The Balaban J connectivity index is 1.86. The molecule has 0 radical (unpaired) electrons. The summed E-state index contributed by atoms with van der Waals surface area (Å²) in [5, 5.41) is 0.499. The van der Waals surface area contributed by atoms with Gasteiger partial charge >= 0.3 is 5.97 Å². The van der Waals surface area contributed by atoms with Crippen LogP contribution >= 0.6 is 11.6 Å². The summed E-state index contributed by atoms with van der Waals surface area (Å²) in [6.45, 7) is 6.15. The van der Waals surface area contributed by atoms with Gasteiger partial charge in [-0.1, -0.05) is 35.9 Å². The third-order valence-electron chi connectivity index (χ3n) is 4.05. The van der Waals surface area contributed by atoms with Crippen LogP contribution in [0.4, 0.5) is 5.69 Å². The van der Waals surface area contributed by atoms with Crippen LogP contribution < -0.4 is 4.90 Å². The van der Waals surface area contributed by atoms with Crippen LogP contribution in [0.25, 0.3) is 6.08 Å². The van der Waals surface area contributed by atoms with Crippen LogP contribution in [0.1, 0.15) is 25.0 Å². The lowest BCUT2D eigenvalue weighted by atomic mass is 10.1. The van der Waals surface area contributed by atoms with Crippen molar-refractivity contribution in [1.29, 1.82) is 0 Å². The highest BCUT2D eigenvalue weighted by molar-refractivity contribution is 6.34. The molecule has 0 amide bonds. The summed E-state index contributed by atoms with van der Waals surface area (Å²) in [6.07, 6.45) is 1.72. The molecular formula is C20H19ClN2O2. The van der Waals surface area contributed by atoms with E-state index in [-0.39, 0.29) is 11.6 Å². The van der Waals surface area contributed by atoms with E-state index in [1.165, 1.54) is 0 Å². The van der Waals surface area contributed by atoms with Gasteiger partial charge in [0.05, 0.1) is 10.6 Å². The van der Waals surface area contributed by atoms with Crippen molar-refractivity contribution in [3.63, 3.8) is 0 Å². The Morgan fingerprint density at radius 1 is 1.08 bits per heavy atom. The van der Waals surface area contributed by atoms with Gasteiger partial charge in [0.25, 0.3) is 0 Å². The first kappa shape index (κ1) is 17.2. The molecule has 1 aliphatic rings. The second kappa shape index (κ2) is 7.53. The quantitative estimate of drug-likeness (QED) is 0.585. The number of cyclic esters (lactones) is 1. The van der Waals surface area contributed by atoms with Crippen molar-refractivity contribution in [1.82, 2.24) is 0 Å². The van der Waals surface area contributed by atoms with Crippen molar-refractivity contribution in [3.05, 3.63) is 70.4 Å². The van der Waals surface area contributed by atoms with E-state index < -0.39 is 5.97 Å². The first-order valence-corrected chi connectivity index (χ1v) is 8.62. The fraction of sp³-hybridized carbons (Fsp3) is 0.200. The molecule has 1 aliphatic heterocycles. The van der Waals surface area contributed by atoms with Crippen LogP contribution in [-0.2, 0) is 9.53 Å². The van der Waals surface area contributed by atoms with E-state index in [0.29, 0.717) is 10.6 Å². The zero-order valence-electron chi connectivity index (χ0n) is 14.2. The molecule has 1 heterocycles. The largest absolute Gasteiger partial charge is 0.402 e. The second-order valence-corrected chi connectivity index (χ2v) is 5.99. The molecule has 25 heavy (non-hydrogen) atoms. The van der Waals surface area contributed by atoms with Crippen molar-refractivity contribution >= 4 is 35.2 Å². The molecule has 0 N–H and O–H groups in total. The molecule has 0 saturated heterocycles. The Labute approximate surface area is 152 Å². The number of hydrogen-bond acceptors (Lipinski definition) is 4. The Morgan fingerprint density at radius 3 is 2.40 bits per heavy atom. The monoisotopic (exact) mass is 354 g/mol. The van der Waals surface area contributed by atoms with E-state index in [1.54, 1.807) is 18.2 Å². The number of nitrogens with zero attached hydrogens (tertiary/aromatic N) is 2. The first-order chi connectivity index (χ1) is 12.1. The summed E-state index contributed by atoms with van der Waals surface area (Å²) in [6, 6.07) is 15.2. The molecule has 0 aliphatic carbocycles. The molecule has 0 atom stereocenters. The van der Waals surface area contributed by atoms with Crippen LogP contribution in [0.5, 0.6) is 0 Å². The van der Waals surface area contributed by atoms with Crippen LogP contribution in [0, 0.1) is 0 Å². The Kier molecular flexibility index (Phi) is 5.19. The molecule has 0 bridgehead atoms. The average molecular weight is 355 g/mol. The zero-order chi connectivity index (χ0) is 17.8. The van der Waals surface area contributed by atoms with Gasteiger partial charge in [0.2, 0.25) is 5.90 Å². The number of carbonyl (C=O) groups is 1. The van der Waals surface area contributed by atoms with E-state index in [4.69, 9.17) is 16.3 Å². The smallest absolute Gasteiger partial charge is 0.363 e. The summed E-state index contributed by atoms with van der Waals surface area (Å²) in [5.74, 6) is -0.232. The molecule has 0 unspecified atom stereocenters. The van der Waals surface area contributed by atoms with Crippen LogP contribution in [0.15, 0.2) is 59.2 Å². The minimum atomic E-state index is -0.470. The maximum absolute atomic E-state index is 12.1. The molecule has 2 aromatic carbocycles. The number of anilines is 1. The molecule has 5 heteroatoms. The van der Waals surface area contributed by atoms with Crippen LogP contribution in [-0.4, -0.2) is 25.0 Å². The van der Waals surface area contributed by atoms with Gasteiger partial charge < -0.3 is 9.64 Å². The van der Waals surface area contributed by atoms with Gasteiger partial charge in [-0.15, -0.1) is 0 Å². The van der Waals surface area contributed by atoms with Gasteiger partial charge in [0.15, 0.2) is 5.70 Å². The standard InChI is InChI=1S/C20H19ClN2O2/c1-3-23(4-2)15-11-9-14(10-12-15)13-18-20(24)25-19(22-18)16-7-5-6-8-17(16)21/h5-13H,3-4H2,1-2H3/b18-13-. The Hall–Kier alpha value is -2.59. The lowest BCUT2D eigenvalue weighted by Crippen LogP contribution is -2.21. The maximum Gasteiger partial charge on any atom is 0.363 e. The third-order valence-corrected chi connectivity index (χ3v) is 4.38. The maximum atomic E-state index is 12.1. The van der Waals surface area contributed by atoms with Crippen molar-refractivity contribution in [2.45, 2.75) is 13.8 Å². The Bertz CT molecular complexity index is 837. The number of ether oxygens (including phenoxy) is 1. The number of halogens is 1. The highest BCUT2D eigenvalue weighted by Gasteiger charge is 2.25. The van der Waals surface area contributed by atoms with Gasteiger partial charge in [-0.2, -0.15) is 0 Å². The molecule has 2 aromatic rings. The lowest BCUT2D eigenvalue weighted by molar-refractivity contribution is -0.129. The summed E-state index contributed by atoms with van der Waals surface area (Å²) >= 11 is 6.14. The number of esters is 1. The molecule has 0 aromatic heterocycles. The van der Waals surface area contributed by atoms with E-state index in [9.17, 15) is 4.79 Å². The number of aliphatic imine (C=N–C) groups is 1. The predicted molar refractivity (Wildman–Crippen MR) is 102 cm³/mol. The van der Waals surface area contributed by atoms with Crippen LogP contribution in [0.3, 0.4) is 0 Å². The molecule has 0 saturated carbocycles. The normalized spacial score (nSPS) is 15.2. The van der Waals surface area contributed by atoms with E-state index in [0.717, 1.165) is 24.3 Å². The van der Waals surface area contributed by atoms with Gasteiger partial charge in [-0.05, 0) is 49.8 Å². The topological polar surface area (TPSA) is 41.9 Å². The van der Waals surface area contributed by atoms with Gasteiger partial charge in [0, 0.05) is 18.8 Å². The minimum absolute atomic E-state index is 0.238. The van der Waals surface area contributed by atoms with Crippen molar-refractivity contribution in [2.75, 3.05) is 18.0 Å². The molecular weight excluding hydrogens is 336 g/mol. The lowest BCUT2D eigenvalue weighted by Gasteiger charge is -2.20. The van der Waals surface area contributed by atoms with Crippen LogP contribution in [0.2, 0.25) is 5.02 Å². The third kappa shape index (κ3) is 3.74. The summed E-state index contributed by atoms with van der Waals surface area (Å²) in [5.41, 5.74) is 2.93. The van der Waals surface area contributed by atoms with E-state index in [2.05, 4.69) is 23.7 Å². The van der Waals surface area contributed by atoms with Gasteiger partial charge in [-0.3, -0.25) is 0 Å². The first-order valence-electron chi connectivity index (χ1n) is 8.24. The summed E-state index contributed by atoms with van der Waals surface area (Å²) in [4.78, 5) is 18.6. The number of carbonyl (C=O) groups excluding carboxylic acids is 1. The van der Waals surface area contributed by atoms with Crippen molar-refractivity contribution < 1.29 is 9.53 Å². The molecule has 0 spiro atoms. The highest BCUT2D eigenvalue weighted by Crippen LogP contribution is 2.24. The van der Waals surface area contributed by atoms with Crippen molar-refractivity contribution in [2.24, 2.45) is 4.99 Å². The van der Waals surface area contributed by atoms with Crippen molar-refractivity contribution in [3.8, 4) is 0 Å². The zero-order valence-corrected chi connectivity index (χ0v) is 15.0. The fourth-order valence-electron chi connectivity index (χ4n) is 2.69. The number of rotatable bonds is 5. The molecule has 3 rings (SSSR count). The molecule has 4 nitrogen and oxygen atoms in total. The van der Waals surface area contributed by atoms with Gasteiger partial charge in [-0.25, -0.2) is 9.79 Å². The number of hydrogen-bond donors (Lipinski definition) is 0. The number of benzene rings is 2. The van der Waals surface area contributed by atoms with E-state index >= 15 is 0 Å². The summed E-state index contributed by atoms with van der Waals surface area (Å²) < 4.78 is 5.26. The average Bonchev–Trinajstić information content (AvgIpc) is 2.98. The van der Waals surface area contributed by atoms with E-state index in [1.807, 2.05) is 36.4 Å². The minimum Gasteiger partial charge on any atom is -0.402 e. The molecule has 128 valence electrons.